The largest absolute Gasteiger partial charge is 0.486 e. The number of aromatic amines is 1. The van der Waals surface area contributed by atoms with E-state index in [9.17, 15) is 13.2 Å². The second-order valence-electron chi connectivity index (χ2n) is 7.05. The number of hydrogen-bond acceptors (Lipinski definition) is 6. The molecule has 7 nitrogen and oxygen atoms in total. The lowest BCUT2D eigenvalue weighted by Crippen LogP contribution is -2.28. The molecule has 0 amide bonds. The predicted molar refractivity (Wildman–Crippen MR) is 101 cm³/mol. The van der Waals surface area contributed by atoms with Gasteiger partial charge in [-0.05, 0) is 31.4 Å². The molecule has 2 aliphatic rings. The summed E-state index contributed by atoms with van der Waals surface area (Å²) in [6, 6.07) is 5.46. The van der Waals surface area contributed by atoms with E-state index >= 15 is 0 Å². The van der Waals surface area contributed by atoms with E-state index in [0.29, 0.717) is 30.4 Å². The molecule has 3 N–H and O–H groups in total. The van der Waals surface area contributed by atoms with Crippen LogP contribution in [0.5, 0.6) is 11.5 Å². The highest BCUT2D eigenvalue weighted by Gasteiger charge is 2.36. The van der Waals surface area contributed by atoms with Crippen LogP contribution < -0.4 is 20.1 Å². The standard InChI is InChI=1S/C19H18F3N5O2/c20-19(21,22)11-9-23-16-14(11)17(24-10-3-1-4-10)27-18(26-16)25-12-5-2-6-13-15(12)29-8-7-28-13/h2,5-6,9-10H,1,3-4,7-8H2,(H3,23,24,25,26,27). The average molecular weight is 405 g/mol. The normalized spacial score (nSPS) is 16.5. The van der Waals surface area contributed by atoms with E-state index in [4.69, 9.17) is 9.47 Å². The van der Waals surface area contributed by atoms with Crippen LogP contribution in [0.3, 0.4) is 0 Å². The monoisotopic (exact) mass is 405 g/mol. The highest BCUT2D eigenvalue weighted by molar-refractivity contribution is 5.92. The number of hydrogen-bond donors (Lipinski definition) is 3. The van der Waals surface area contributed by atoms with E-state index in [2.05, 4.69) is 25.6 Å². The summed E-state index contributed by atoms with van der Waals surface area (Å²) >= 11 is 0. The van der Waals surface area contributed by atoms with E-state index in [1.807, 2.05) is 0 Å². The Morgan fingerprint density at radius 3 is 2.69 bits per heavy atom. The summed E-state index contributed by atoms with van der Waals surface area (Å²) in [5.74, 6) is 1.45. The van der Waals surface area contributed by atoms with Crippen LogP contribution in [0.15, 0.2) is 24.4 Å². The van der Waals surface area contributed by atoms with Gasteiger partial charge in [0.1, 0.15) is 24.7 Å². The number of ether oxygens (including phenoxy) is 2. The summed E-state index contributed by atoms with van der Waals surface area (Å²) in [5.41, 5.74) is -0.0907. The van der Waals surface area contributed by atoms with E-state index in [-0.39, 0.29) is 28.8 Å². The van der Waals surface area contributed by atoms with Gasteiger partial charge in [0.15, 0.2) is 11.5 Å². The number of nitrogens with zero attached hydrogens (tertiary/aromatic N) is 2. The van der Waals surface area contributed by atoms with Gasteiger partial charge < -0.3 is 25.1 Å². The van der Waals surface area contributed by atoms with Crippen molar-refractivity contribution >= 4 is 28.5 Å². The minimum atomic E-state index is -4.50. The number of benzene rings is 1. The summed E-state index contributed by atoms with van der Waals surface area (Å²) in [6.45, 7) is 0.864. The van der Waals surface area contributed by atoms with Gasteiger partial charge in [0.25, 0.3) is 0 Å². The molecule has 1 aromatic carbocycles. The number of fused-ring (bicyclic) bond motifs is 2. The molecule has 1 aliphatic carbocycles. The quantitative estimate of drug-likeness (QED) is 0.595. The Balaban J connectivity index is 1.57. The third-order valence-corrected chi connectivity index (χ3v) is 5.10. The average Bonchev–Trinajstić information content (AvgIpc) is 3.09. The zero-order valence-electron chi connectivity index (χ0n) is 15.3. The van der Waals surface area contributed by atoms with Gasteiger partial charge in [-0.1, -0.05) is 6.07 Å². The molecular formula is C19H18F3N5O2. The van der Waals surface area contributed by atoms with Gasteiger partial charge in [0.05, 0.1) is 16.6 Å². The van der Waals surface area contributed by atoms with Crippen LogP contribution in [0, 0.1) is 0 Å². The molecule has 3 heterocycles. The smallest absolute Gasteiger partial charge is 0.418 e. The van der Waals surface area contributed by atoms with E-state index < -0.39 is 11.7 Å². The van der Waals surface area contributed by atoms with Crippen LogP contribution in [-0.2, 0) is 6.18 Å². The van der Waals surface area contributed by atoms with Gasteiger partial charge in [-0.3, -0.25) is 0 Å². The Morgan fingerprint density at radius 2 is 1.93 bits per heavy atom. The lowest BCUT2D eigenvalue weighted by molar-refractivity contribution is -0.136. The van der Waals surface area contributed by atoms with Crippen molar-refractivity contribution in [2.24, 2.45) is 0 Å². The first-order valence-corrected chi connectivity index (χ1v) is 9.37. The molecule has 3 aromatic rings. The minimum Gasteiger partial charge on any atom is -0.486 e. The van der Waals surface area contributed by atoms with E-state index in [1.54, 1.807) is 18.2 Å². The fraction of sp³-hybridized carbons (Fsp3) is 0.368. The number of para-hydroxylation sites is 1. The van der Waals surface area contributed by atoms with Crippen LogP contribution in [0.1, 0.15) is 24.8 Å². The first-order chi connectivity index (χ1) is 14.0. The highest BCUT2D eigenvalue weighted by Crippen LogP contribution is 2.41. The minimum absolute atomic E-state index is 0.0513. The Morgan fingerprint density at radius 1 is 1.10 bits per heavy atom. The van der Waals surface area contributed by atoms with Crippen molar-refractivity contribution in [2.45, 2.75) is 31.5 Å². The maximum absolute atomic E-state index is 13.5. The van der Waals surface area contributed by atoms with Crippen molar-refractivity contribution in [3.63, 3.8) is 0 Å². The number of halogens is 3. The molecule has 152 valence electrons. The molecule has 0 spiro atoms. The molecule has 0 saturated heterocycles. The molecule has 29 heavy (non-hydrogen) atoms. The molecule has 1 fully saturated rings. The van der Waals surface area contributed by atoms with Gasteiger partial charge >= 0.3 is 6.18 Å². The topological polar surface area (TPSA) is 84.1 Å². The Hall–Kier alpha value is -3.17. The molecule has 0 radical (unpaired) electrons. The summed E-state index contributed by atoms with van der Waals surface area (Å²) in [5, 5.41) is 6.14. The molecule has 10 heteroatoms. The number of H-pyrrole nitrogens is 1. The maximum atomic E-state index is 13.5. The second-order valence-corrected chi connectivity index (χ2v) is 7.05. The van der Waals surface area contributed by atoms with E-state index in [0.717, 1.165) is 25.5 Å². The van der Waals surface area contributed by atoms with Gasteiger partial charge in [0.2, 0.25) is 5.95 Å². The van der Waals surface area contributed by atoms with Crippen molar-refractivity contribution in [3.05, 3.63) is 30.0 Å². The zero-order chi connectivity index (χ0) is 20.0. The fourth-order valence-electron chi connectivity index (χ4n) is 3.46. The van der Waals surface area contributed by atoms with Crippen LogP contribution in [0.4, 0.5) is 30.6 Å². The first-order valence-electron chi connectivity index (χ1n) is 9.37. The lowest BCUT2D eigenvalue weighted by atomic mass is 9.93. The third-order valence-electron chi connectivity index (χ3n) is 5.10. The van der Waals surface area contributed by atoms with Crippen LogP contribution in [-0.4, -0.2) is 34.2 Å². The highest BCUT2D eigenvalue weighted by atomic mass is 19.4. The summed E-state index contributed by atoms with van der Waals surface area (Å²) < 4.78 is 51.6. The summed E-state index contributed by atoms with van der Waals surface area (Å²) in [6.07, 6.45) is -0.731. The predicted octanol–water partition coefficient (Wildman–Crippen LogP) is 4.46. The maximum Gasteiger partial charge on any atom is 0.418 e. The zero-order valence-corrected chi connectivity index (χ0v) is 15.3. The molecule has 0 unspecified atom stereocenters. The van der Waals surface area contributed by atoms with Gasteiger partial charge in [0, 0.05) is 12.2 Å². The Kier molecular flexibility index (Phi) is 4.14. The van der Waals surface area contributed by atoms with Crippen molar-refractivity contribution in [1.29, 1.82) is 0 Å². The second kappa shape index (κ2) is 6.71. The number of nitrogens with one attached hydrogen (secondary N) is 3. The molecule has 2 aromatic heterocycles. The molecule has 0 bridgehead atoms. The molecule has 5 rings (SSSR count). The molecule has 1 aliphatic heterocycles. The van der Waals surface area contributed by atoms with Gasteiger partial charge in [-0.25, -0.2) is 0 Å². The number of anilines is 3. The summed E-state index contributed by atoms with van der Waals surface area (Å²) in [7, 11) is 0. The van der Waals surface area contributed by atoms with Gasteiger partial charge in [-0.15, -0.1) is 0 Å². The van der Waals surface area contributed by atoms with E-state index in [1.165, 1.54) is 0 Å². The fourth-order valence-corrected chi connectivity index (χ4v) is 3.46. The lowest BCUT2D eigenvalue weighted by Gasteiger charge is -2.27. The van der Waals surface area contributed by atoms with Crippen molar-refractivity contribution < 1.29 is 22.6 Å². The van der Waals surface area contributed by atoms with Crippen molar-refractivity contribution in [3.8, 4) is 11.5 Å². The van der Waals surface area contributed by atoms with Crippen molar-refractivity contribution in [2.75, 3.05) is 23.8 Å². The van der Waals surface area contributed by atoms with Crippen LogP contribution in [0.2, 0.25) is 0 Å². The number of rotatable bonds is 4. The molecule has 0 atom stereocenters. The Labute approximate surface area is 163 Å². The number of alkyl halides is 3. The van der Waals surface area contributed by atoms with Gasteiger partial charge in [-0.2, -0.15) is 23.1 Å². The number of aromatic nitrogens is 3. The molecular weight excluding hydrogens is 387 g/mol. The Bertz CT molecular complexity index is 1060. The van der Waals surface area contributed by atoms with Crippen LogP contribution in [0.25, 0.3) is 11.0 Å². The van der Waals surface area contributed by atoms with Crippen molar-refractivity contribution in [1.82, 2.24) is 15.0 Å². The first kappa shape index (κ1) is 17.9. The summed E-state index contributed by atoms with van der Waals surface area (Å²) in [4.78, 5) is 11.2. The third kappa shape index (κ3) is 3.28. The van der Waals surface area contributed by atoms with Crippen LogP contribution >= 0.6 is 0 Å². The molecule has 1 saturated carbocycles. The SMILES string of the molecule is FC(F)(F)c1c[nH]c2nc(Nc3cccc4c3OCCO4)nc(NC3CCC3)c12.